The first-order chi connectivity index (χ1) is 8.88. The molecule has 7 heteroatoms. The van der Waals surface area contributed by atoms with E-state index in [4.69, 9.17) is 11.6 Å². The summed E-state index contributed by atoms with van der Waals surface area (Å²) in [6.07, 6.45) is -3.08. The summed E-state index contributed by atoms with van der Waals surface area (Å²) in [4.78, 5) is 3.94. The number of anilines is 2. The van der Waals surface area contributed by atoms with E-state index in [2.05, 4.69) is 26.2 Å². The van der Waals surface area contributed by atoms with Gasteiger partial charge in [-0.25, -0.2) is 4.98 Å². The standard InChI is InChI=1S/C12H7BrClF3N2/c13-9-5-7(14)6-18-11(9)19-10-4-2-1-3-8(10)12(15,16)17/h1-6H,(H,18,19). The van der Waals surface area contributed by atoms with E-state index in [1.54, 1.807) is 6.07 Å². The third-order valence-corrected chi connectivity index (χ3v) is 3.10. The van der Waals surface area contributed by atoms with Gasteiger partial charge in [0.15, 0.2) is 0 Å². The van der Waals surface area contributed by atoms with Crippen LogP contribution in [0.1, 0.15) is 5.56 Å². The smallest absolute Gasteiger partial charge is 0.339 e. The van der Waals surface area contributed by atoms with Crippen molar-refractivity contribution >= 4 is 39.0 Å². The topological polar surface area (TPSA) is 24.9 Å². The lowest BCUT2D eigenvalue weighted by Crippen LogP contribution is -2.09. The Morgan fingerprint density at radius 1 is 1.21 bits per heavy atom. The lowest BCUT2D eigenvalue weighted by molar-refractivity contribution is -0.136. The molecule has 0 aliphatic carbocycles. The predicted molar refractivity (Wildman–Crippen MR) is 71.7 cm³/mol. The van der Waals surface area contributed by atoms with E-state index in [1.807, 2.05) is 0 Å². The van der Waals surface area contributed by atoms with E-state index in [0.29, 0.717) is 9.50 Å². The highest BCUT2D eigenvalue weighted by atomic mass is 79.9. The lowest BCUT2D eigenvalue weighted by Gasteiger charge is -2.14. The number of pyridine rings is 1. The summed E-state index contributed by atoms with van der Waals surface area (Å²) < 4.78 is 39.0. The molecule has 1 aromatic heterocycles. The van der Waals surface area contributed by atoms with Crippen LogP contribution < -0.4 is 5.32 Å². The van der Waals surface area contributed by atoms with Crippen LogP contribution in [0.2, 0.25) is 5.02 Å². The number of benzene rings is 1. The summed E-state index contributed by atoms with van der Waals surface area (Å²) in [6.45, 7) is 0. The fourth-order valence-corrected chi connectivity index (χ4v) is 2.21. The lowest BCUT2D eigenvalue weighted by atomic mass is 10.1. The summed E-state index contributed by atoms with van der Waals surface area (Å²) in [5.74, 6) is 0.265. The highest BCUT2D eigenvalue weighted by Gasteiger charge is 2.33. The number of hydrogen-bond donors (Lipinski definition) is 1. The second kappa shape index (κ2) is 5.38. The highest BCUT2D eigenvalue weighted by molar-refractivity contribution is 9.10. The Bertz CT molecular complexity index is 602. The van der Waals surface area contributed by atoms with Gasteiger partial charge in [-0.05, 0) is 34.1 Å². The Hall–Kier alpha value is -1.27. The Kier molecular flexibility index (Phi) is 4.01. The van der Waals surface area contributed by atoms with Gasteiger partial charge in [0.25, 0.3) is 0 Å². The highest BCUT2D eigenvalue weighted by Crippen LogP contribution is 2.36. The van der Waals surface area contributed by atoms with Crippen molar-refractivity contribution in [2.24, 2.45) is 0 Å². The molecule has 0 aliphatic heterocycles. The van der Waals surface area contributed by atoms with Crippen LogP contribution in [-0.4, -0.2) is 4.98 Å². The Balaban J connectivity index is 2.39. The van der Waals surface area contributed by atoms with E-state index >= 15 is 0 Å². The average Bonchev–Trinajstić information content (AvgIpc) is 2.32. The molecule has 0 bridgehead atoms. The van der Waals surface area contributed by atoms with Crippen molar-refractivity contribution in [1.82, 2.24) is 4.98 Å². The third-order valence-electron chi connectivity index (χ3n) is 2.29. The number of rotatable bonds is 2. The van der Waals surface area contributed by atoms with Crippen molar-refractivity contribution in [3.05, 3.63) is 51.6 Å². The number of nitrogens with one attached hydrogen (secondary N) is 1. The molecule has 0 saturated carbocycles. The van der Waals surface area contributed by atoms with Gasteiger partial charge in [-0.2, -0.15) is 13.2 Å². The quantitative estimate of drug-likeness (QED) is 0.798. The molecule has 2 aromatic rings. The number of para-hydroxylation sites is 1. The van der Waals surface area contributed by atoms with Gasteiger partial charge in [0.2, 0.25) is 0 Å². The molecule has 2 nitrogen and oxygen atoms in total. The van der Waals surface area contributed by atoms with Gasteiger partial charge in [0.1, 0.15) is 5.82 Å². The van der Waals surface area contributed by atoms with Crippen LogP contribution in [0.5, 0.6) is 0 Å². The second-order valence-corrected chi connectivity index (χ2v) is 4.94. The molecule has 0 fully saturated rings. The van der Waals surface area contributed by atoms with Crippen LogP contribution in [0.15, 0.2) is 41.0 Å². The molecular formula is C12H7BrClF3N2. The molecule has 19 heavy (non-hydrogen) atoms. The van der Waals surface area contributed by atoms with Gasteiger partial charge < -0.3 is 5.32 Å². The number of halogens is 5. The Labute approximate surface area is 120 Å². The largest absolute Gasteiger partial charge is 0.418 e. The van der Waals surface area contributed by atoms with Crippen molar-refractivity contribution in [3.8, 4) is 0 Å². The Morgan fingerprint density at radius 2 is 1.89 bits per heavy atom. The summed E-state index contributed by atoms with van der Waals surface area (Å²) in [7, 11) is 0. The van der Waals surface area contributed by atoms with Gasteiger partial charge in [0.05, 0.1) is 20.7 Å². The van der Waals surface area contributed by atoms with E-state index in [-0.39, 0.29) is 11.5 Å². The summed E-state index contributed by atoms with van der Waals surface area (Å²) in [5, 5.41) is 3.03. The first kappa shape index (κ1) is 14.1. The van der Waals surface area contributed by atoms with Gasteiger partial charge >= 0.3 is 6.18 Å². The first-order valence-electron chi connectivity index (χ1n) is 5.12. The molecule has 0 atom stereocenters. The average molecular weight is 352 g/mol. The maximum Gasteiger partial charge on any atom is 0.418 e. The molecule has 0 unspecified atom stereocenters. The molecule has 1 N–H and O–H groups in total. The zero-order valence-corrected chi connectivity index (χ0v) is 11.6. The fourth-order valence-electron chi connectivity index (χ4n) is 1.47. The van der Waals surface area contributed by atoms with Crippen LogP contribution in [0.4, 0.5) is 24.7 Å². The zero-order valence-electron chi connectivity index (χ0n) is 9.30. The van der Waals surface area contributed by atoms with Crippen molar-refractivity contribution in [2.75, 3.05) is 5.32 Å². The molecule has 0 radical (unpaired) electrons. The zero-order chi connectivity index (χ0) is 14.0. The van der Waals surface area contributed by atoms with Crippen molar-refractivity contribution in [1.29, 1.82) is 0 Å². The minimum atomic E-state index is -4.43. The van der Waals surface area contributed by atoms with Gasteiger partial charge in [-0.1, -0.05) is 23.7 Å². The fraction of sp³-hybridized carbons (Fsp3) is 0.0833. The van der Waals surface area contributed by atoms with Crippen LogP contribution in [0.3, 0.4) is 0 Å². The number of alkyl halides is 3. The van der Waals surface area contributed by atoms with Crippen molar-refractivity contribution in [2.45, 2.75) is 6.18 Å². The first-order valence-corrected chi connectivity index (χ1v) is 6.29. The molecule has 0 spiro atoms. The number of aromatic nitrogens is 1. The molecule has 0 saturated heterocycles. The summed E-state index contributed by atoms with van der Waals surface area (Å²) >= 11 is 8.91. The molecule has 1 heterocycles. The molecule has 1 aromatic carbocycles. The number of nitrogens with zero attached hydrogens (tertiary/aromatic N) is 1. The SMILES string of the molecule is FC(F)(F)c1ccccc1Nc1ncc(Cl)cc1Br. The van der Waals surface area contributed by atoms with Crippen LogP contribution in [0.25, 0.3) is 0 Å². The van der Waals surface area contributed by atoms with Gasteiger partial charge in [0, 0.05) is 6.20 Å². The number of hydrogen-bond acceptors (Lipinski definition) is 2. The normalized spacial score (nSPS) is 11.4. The van der Waals surface area contributed by atoms with Crippen molar-refractivity contribution in [3.63, 3.8) is 0 Å². The summed E-state index contributed by atoms with van der Waals surface area (Å²) in [5.41, 5.74) is -0.816. The molecule has 2 rings (SSSR count). The van der Waals surface area contributed by atoms with Crippen LogP contribution in [0, 0.1) is 0 Å². The van der Waals surface area contributed by atoms with E-state index in [1.165, 1.54) is 24.4 Å². The summed E-state index contributed by atoms with van der Waals surface area (Å²) in [6, 6.07) is 6.74. The van der Waals surface area contributed by atoms with Crippen molar-refractivity contribution < 1.29 is 13.2 Å². The molecular weight excluding hydrogens is 344 g/mol. The third kappa shape index (κ3) is 3.39. The minimum Gasteiger partial charge on any atom is -0.339 e. The van der Waals surface area contributed by atoms with E-state index in [0.717, 1.165) is 6.07 Å². The second-order valence-electron chi connectivity index (χ2n) is 3.65. The van der Waals surface area contributed by atoms with E-state index in [9.17, 15) is 13.2 Å². The van der Waals surface area contributed by atoms with Crippen LogP contribution in [-0.2, 0) is 6.18 Å². The molecule has 0 amide bonds. The van der Waals surface area contributed by atoms with Gasteiger partial charge in [-0.3, -0.25) is 0 Å². The molecule has 0 aliphatic rings. The Morgan fingerprint density at radius 3 is 2.53 bits per heavy atom. The molecule has 100 valence electrons. The van der Waals surface area contributed by atoms with Gasteiger partial charge in [-0.15, -0.1) is 0 Å². The monoisotopic (exact) mass is 350 g/mol. The van der Waals surface area contributed by atoms with E-state index < -0.39 is 11.7 Å². The minimum absolute atomic E-state index is 0.0643. The maximum atomic E-state index is 12.8. The van der Waals surface area contributed by atoms with Crippen LogP contribution >= 0.6 is 27.5 Å². The predicted octanol–water partition coefficient (Wildman–Crippen LogP) is 5.26. The maximum absolute atomic E-state index is 12.8.